The monoisotopic (exact) mass is 271 g/mol. The highest BCUT2D eigenvalue weighted by Crippen LogP contribution is 2.31. The molecule has 0 bridgehead atoms. The third kappa shape index (κ3) is 2.28. The number of benzene rings is 1. The maximum absolute atomic E-state index is 13.6. The lowest BCUT2D eigenvalue weighted by molar-refractivity contribution is -0.127. The quantitative estimate of drug-likeness (QED) is 0.914. The van der Waals surface area contributed by atoms with Crippen molar-refractivity contribution >= 4 is 17.4 Å². The van der Waals surface area contributed by atoms with Crippen molar-refractivity contribution in [3.8, 4) is 0 Å². The fourth-order valence-corrected chi connectivity index (χ4v) is 2.27. The van der Waals surface area contributed by atoms with E-state index < -0.39 is 11.2 Å². The van der Waals surface area contributed by atoms with Crippen LogP contribution in [-0.2, 0) is 16.0 Å². The summed E-state index contributed by atoms with van der Waals surface area (Å²) in [6.07, 6.45) is -0.0565. The number of Topliss-reactive ketones (excluding diaryl/α,β-unsaturated/α-hetero) is 1. The molecule has 18 heavy (non-hydrogen) atoms. The van der Waals surface area contributed by atoms with Crippen molar-refractivity contribution in [1.29, 1.82) is 0 Å². The van der Waals surface area contributed by atoms with E-state index in [1.54, 1.807) is 13.0 Å². The molecular weight excluding hydrogens is 257 g/mol. The lowest BCUT2D eigenvalue weighted by Gasteiger charge is -2.25. The van der Waals surface area contributed by atoms with Gasteiger partial charge in [-0.05, 0) is 19.1 Å². The lowest BCUT2D eigenvalue weighted by atomic mass is 9.79. The Hall–Kier alpha value is -0.970. The molecule has 1 heterocycles. The van der Waals surface area contributed by atoms with Gasteiger partial charge < -0.3 is 10.5 Å². The third-order valence-electron chi connectivity index (χ3n) is 3.55. The summed E-state index contributed by atoms with van der Waals surface area (Å²) >= 11 is 5.91. The van der Waals surface area contributed by atoms with Gasteiger partial charge in [-0.2, -0.15) is 0 Å². The van der Waals surface area contributed by atoms with Gasteiger partial charge in [-0.1, -0.05) is 17.7 Å². The zero-order chi connectivity index (χ0) is 13.3. The Morgan fingerprint density at radius 3 is 2.94 bits per heavy atom. The van der Waals surface area contributed by atoms with E-state index in [9.17, 15) is 9.18 Å². The van der Waals surface area contributed by atoms with Crippen LogP contribution in [0, 0.1) is 11.2 Å². The van der Waals surface area contributed by atoms with Crippen molar-refractivity contribution < 1.29 is 13.9 Å². The maximum Gasteiger partial charge on any atom is 0.147 e. The summed E-state index contributed by atoms with van der Waals surface area (Å²) in [4.78, 5) is 12.3. The first-order valence-corrected chi connectivity index (χ1v) is 6.12. The Morgan fingerprint density at radius 1 is 1.67 bits per heavy atom. The number of hydrogen-bond acceptors (Lipinski definition) is 3. The summed E-state index contributed by atoms with van der Waals surface area (Å²) < 4.78 is 18.8. The normalized spacial score (nSPS) is 27.4. The van der Waals surface area contributed by atoms with Crippen LogP contribution >= 0.6 is 11.6 Å². The Morgan fingerprint density at radius 2 is 2.39 bits per heavy atom. The van der Waals surface area contributed by atoms with Crippen LogP contribution in [0.5, 0.6) is 0 Å². The molecule has 1 aromatic carbocycles. The molecule has 1 aromatic rings. The van der Waals surface area contributed by atoms with Crippen LogP contribution in [-0.4, -0.2) is 25.0 Å². The van der Waals surface area contributed by atoms with Gasteiger partial charge in [0.1, 0.15) is 11.6 Å². The van der Waals surface area contributed by atoms with Crippen molar-refractivity contribution in [2.24, 2.45) is 11.1 Å². The van der Waals surface area contributed by atoms with E-state index >= 15 is 0 Å². The zero-order valence-electron chi connectivity index (χ0n) is 10.1. The van der Waals surface area contributed by atoms with Gasteiger partial charge in [0, 0.05) is 23.0 Å². The molecule has 0 amide bonds. The van der Waals surface area contributed by atoms with Crippen molar-refractivity contribution in [3.63, 3.8) is 0 Å². The largest absolute Gasteiger partial charge is 0.379 e. The number of hydrogen-bond donors (Lipinski definition) is 1. The SMILES string of the molecule is CC1(C(=O)Cc2c(F)cccc2Cl)COCC1N. The van der Waals surface area contributed by atoms with Crippen LogP contribution in [0.25, 0.3) is 0 Å². The van der Waals surface area contributed by atoms with Crippen molar-refractivity contribution in [1.82, 2.24) is 0 Å². The number of nitrogens with two attached hydrogens (primary N) is 1. The van der Waals surface area contributed by atoms with E-state index in [1.807, 2.05) is 0 Å². The van der Waals surface area contributed by atoms with Crippen molar-refractivity contribution in [3.05, 3.63) is 34.6 Å². The molecule has 5 heteroatoms. The summed E-state index contributed by atoms with van der Waals surface area (Å²) in [5.74, 6) is -0.605. The van der Waals surface area contributed by atoms with Crippen LogP contribution < -0.4 is 5.73 Å². The van der Waals surface area contributed by atoms with E-state index in [-0.39, 0.29) is 35.4 Å². The van der Waals surface area contributed by atoms with Gasteiger partial charge in [0.2, 0.25) is 0 Å². The minimum atomic E-state index is -0.758. The maximum atomic E-state index is 13.6. The second-order valence-corrected chi connectivity index (χ2v) is 5.25. The third-order valence-corrected chi connectivity index (χ3v) is 3.91. The molecule has 0 radical (unpaired) electrons. The Kier molecular flexibility index (Phi) is 3.71. The van der Waals surface area contributed by atoms with Crippen molar-refractivity contribution in [2.45, 2.75) is 19.4 Å². The molecule has 1 saturated heterocycles. The number of ketones is 1. The molecule has 1 fully saturated rings. The summed E-state index contributed by atoms with van der Waals surface area (Å²) in [6, 6.07) is 4.02. The summed E-state index contributed by atoms with van der Waals surface area (Å²) in [6.45, 7) is 2.38. The number of halogens is 2. The number of rotatable bonds is 3. The number of carbonyl (C=O) groups excluding carboxylic acids is 1. The molecule has 2 atom stereocenters. The summed E-state index contributed by atoms with van der Waals surface area (Å²) in [5.41, 5.74) is 5.34. The van der Waals surface area contributed by atoms with Crippen LogP contribution in [0.2, 0.25) is 5.02 Å². The van der Waals surface area contributed by atoms with Crippen LogP contribution in [0.15, 0.2) is 18.2 Å². The fourth-order valence-electron chi connectivity index (χ4n) is 2.04. The highest BCUT2D eigenvalue weighted by Gasteiger charge is 2.43. The second kappa shape index (κ2) is 4.96. The molecule has 0 aliphatic carbocycles. The summed E-state index contributed by atoms with van der Waals surface area (Å²) in [7, 11) is 0. The van der Waals surface area contributed by atoms with Crippen LogP contribution in [0.1, 0.15) is 12.5 Å². The lowest BCUT2D eigenvalue weighted by Crippen LogP contribution is -2.45. The molecule has 0 saturated carbocycles. The topological polar surface area (TPSA) is 52.3 Å². The fraction of sp³-hybridized carbons (Fsp3) is 0.462. The molecular formula is C13H15ClFNO2. The molecule has 3 nitrogen and oxygen atoms in total. The molecule has 98 valence electrons. The predicted molar refractivity (Wildman–Crippen MR) is 67.0 cm³/mol. The zero-order valence-corrected chi connectivity index (χ0v) is 10.8. The van der Waals surface area contributed by atoms with E-state index in [1.165, 1.54) is 12.1 Å². The molecule has 0 aromatic heterocycles. The van der Waals surface area contributed by atoms with Crippen LogP contribution in [0.3, 0.4) is 0 Å². The van der Waals surface area contributed by atoms with Gasteiger partial charge in [0.15, 0.2) is 0 Å². The number of carbonyl (C=O) groups is 1. The van der Waals surface area contributed by atoms with Gasteiger partial charge in [-0.25, -0.2) is 4.39 Å². The van der Waals surface area contributed by atoms with Gasteiger partial charge in [0.05, 0.1) is 18.6 Å². The Bertz CT molecular complexity index is 460. The molecule has 0 spiro atoms. The van der Waals surface area contributed by atoms with Gasteiger partial charge in [0.25, 0.3) is 0 Å². The van der Waals surface area contributed by atoms with E-state index in [4.69, 9.17) is 22.1 Å². The average Bonchev–Trinajstić information content (AvgIpc) is 2.66. The molecule has 2 rings (SSSR count). The predicted octanol–water partition coefficient (Wildman–Crippen LogP) is 1.95. The first kappa shape index (κ1) is 13.5. The van der Waals surface area contributed by atoms with Crippen LogP contribution in [0.4, 0.5) is 4.39 Å². The Labute approximate surface area is 110 Å². The molecule has 2 N–H and O–H groups in total. The first-order valence-electron chi connectivity index (χ1n) is 5.74. The van der Waals surface area contributed by atoms with Gasteiger partial charge in [-0.15, -0.1) is 0 Å². The molecule has 1 aliphatic heterocycles. The van der Waals surface area contributed by atoms with E-state index in [0.717, 1.165) is 0 Å². The van der Waals surface area contributed by atoms with E-state index in [2.05, 4.69) is 0 Å². The van der Waals surface area contributed by atoms with E-state index in [0.29, 0.717) is 6.61 Å². The van der Waals surface area contributed by atoms with Crippen molar-refractivity contribution in [2.75, 3.05) is 13.2 Å². The standard InChI is InChI=1S/C13H15ClFNO2/c1-13(7-18-6-11(13)16)12(17)5-8-9(14)3-2-4-10(8)15/h2-4,11H,5-7,16H2,1H3. The minimum Gasteiger partial charge on any atom is -0.379 e. The number of ether oxygens (including phenoxy) is 1. The summed E-state index contributed by atoms with van der Waals surface area (Å²) in [5, 5.41) is 0.263. The average molecular weight is 272 g/mol. The van der Waals surface area contributed by atoms with Gasteiger partial charge >= 0.3 is 0 Å². The van der Waals surface area contributed by atoms with Gasteiger partial charge in [-0.3, -0.25) is 4.79 Å². The smallest absolute Gasteiger partial charge is 0.147 e. The minimum absolute atomic E-state index is 0.0565. The second-order valence-electron chi connectivity index (χ2n) is 4.84. The highest BCUT2D eigenvalue weighted by molar-refractivity contribution is 6.31. The molecule has 2 unspecified atom stereocenters. The molecule has 1 aliphatic rings. The highest BCUT2D eigenvalue weighted by atomic mass is 35.5. The first-order chi connectivity index (χ1) is 8.45. The Balaban J connectivity index is 2.22.